The summed E-state index contributed by atoms with van der Waals surface area (Å²) in [5.74, 6) is 0. The monoisotopic (exact) mass is 253 g/mol. The van der Waals surface area contributed by atoms with Crippen LogP contribution in [0, 0.1) is 0 Å². The van der Waals surface area contributed by atoms with Crippen molar-refractivity contribution < 1.29 is 0 Å². The summed E-state index contributed by atoms with van der Waals surface area (Å²) in [5, 5.41) is 4.27. The van der Waals surface area contributed by atoms with Gasteiger partial charge in [0.05, 0.1) is 11.7 Å². The lowest BCUT2D eigenvalue weighted by atomic mass is 10.1. The number of nitrogens with zero attached hydrogens (tertiary/aromatic N) is 2. The highest BCUT2D eigenvalue weighted by Crippen LogP contribution is 2.17. The first-order chi connectivity index (χ1) is 6.81. The molecule has 74 valence electrons. The van der Waals surface area contributed by atoms with Crippen molar-refractivity contribution in [2.24, 2.45) is 5.73 Å². The molecule has 0 aliphatic heterocycles. The highest BCUT2D eigenvalue weighted by Gasteiger charge is 2.03. The van der Waals surface area contributed by atoms with E-state index in [1.54, 1.807) is 0 Å². The van der Waals surface area contributed by atoms with Crippen molar-refractivity contribution in [3.05, 3.63) is 34.6 Å². The van der Waals surface area contributed by atoms with Crippen LogP contribution in [0.1, 0.15) is 12.0 Å². The Hall–Kier alpha value is -0.870. The first-order valence-electron chi connectivity index (χ1n) is 4.63. The van der Waals surface area contributed by atoms with Crippen molar-refractivity contribution in [1.29, 1.82) is 0 Å². The number of hydrogen-bond donors (Lipinski definition) is 1. The third kappa shape index (κ3) is 1.81. The summed E-state index contributed by atoms with van der Waals surface area (Å²) in [6, 6.07) is 4.06. The number of aromatic nitrogens is 2. The molecule has 4 heteroatoms. The molecule has 2 rings (SSSR count). The van der Waals surface area contributed by atoms with Crippen molar-refractivity contribution >= 4 is 21.4 Å². The fourth-order valence-corrected chi connectivity index (χ4v) is 1.83. The number of halogens is 1. The minimum absolute atomic E-state index is 0.728. The molecule has 2 aromatic heterocycles. The Labute approximate surface area is 91.0 Å². The van der Waals surface area contributed by atoms with Gasteiger partial charge in [-0.25, -0.2) is 4.52 Å². The average Bonchev–Trinajstić information content (AvgIpc) is 2.57. The second-order valence-electron chi connectivity index (χ2n) is 3.24. The average molecular weight is 254 g/mol. The van der Waals surface area contributed by atoms with Crippen molar-refractivity contribution in [3.63, 3.8) is 0 Å². The van der Waals surface area contributed by atoms with E-state index >= 15 is 0 Å². The first kappa shape index (κ1) is 9.68. The van der Waals surface area contributed by atoms with Crippen molar-refractivity contribution in [2.45, 2.75) is 12.8 Å². The van der Waals surface area contributed by atoms with Gasteiger partial charge in [-0.1, -0.05) is 15.9 Å². The van der Waals surface area contributed by atoms with Crippen LogP contribution in [0.3, 0.4) is 0 Å². The zero-order valence-corrected chi connectivity index (χ0v) is 9.37. The smallest absolute Gasteiger partial charge is 0.0704 e. The van der Waals surface area contributed by atoms with Gasteiger partial charge >= 0.3 is 0 Å². The number of nitrogens with two attached hydrogens (primary N) is 1. The lowest BCUT2D eigenvalue weighted by Crippen LogP contribution is -2.00. The molecule has 14 heavy (non-hydrogen) atoms. The molecule has 0 aromatic carbocycles. The topological polar surface area (TPSA) is 43.3 Å². The largest absolute Gasteiger partial charge is 0.330 e. The van der Waals surface area contributed by atoms with Gasteiger partial charge in [0.25, 0.3) is 0 Å². The lowest BCUT2D eigenvalue weighted by molar-refractivity contribution is 0.837. The Bertz CT molecular complexity index is 436. The normalized spacial score (nSPS) is 11.0. The van der Waals surface area contributed by atoms with Gasteiger partial charge in [-0.2, -0.15) is 5.10 Å². The van der Waals surface area contributed by atoms with Crippen LogP contribution in [-0.4, -0.2) is 16.2 Å². The fraction of sp³-hybridized carbons (Fsp3) is 0.300. The van der Waals surface area contributed by atoms with E-state index in [1.807, 2.05) is 23.0 Å². The third-order valence-electron chi connectivity index (χ3n) is 2.21. The van der Waals surface area contributed by atoms with Crippen LogP contribution in [0.5, 0.6) is 0 Å². The molecule has 0 saturated heterocycles. The summed E-state index contributed by atoms with van der Waals surface area (Å²) in [5.41, 5.74) is 7.90. The summed E-state index contributed by atoms with van der Waals surface area (Å²) >= 11 is 3.45. The van der Waals surface area contributed by atoms with E-state index in [-0.39, 0.29) is 0 Å². The Balaban J connectivity index is 2.40. The molecule has 0 fully saturated rings. The Morgan fingerprint density at radius 3 is 3.14 bits per heavy atom. The second-order valence-corrected chi connectivity index (χ2v) is 4.15. The van der Waals surface area contributed by atoms with E-state index < -0.39 is 0 Å². The quantitative estimate of drug-likeness (QED) is 0.910. The molecule has 2 N–H and O–H groups in total. The van der Waals surface area contributed by atoms with Crippen LogP contribution >= 0.6 is 15.9 Å². The summed E-state index contributed by atoms with van der Waals surface area (Å²) < 4.78 is 2.97. The van der Waals surface area contributed by atoms with E-state index in [1.165, 1.54) is 5.56 Å². The van der Waals surface area contributed by atoms with Gasteiger partial charge in [0.15, 0.2) is 0 Å². The molecule has 2 heterocycles. The summed E-state index contributed by atoms with van der Waals surface area (Å²) in [6.07, 6.45) is 5.87. The van der Waals surface area contributed by atoms with E-state index in [9.17, 15) is 0 Å². The van der Waals surface area contributed by atoms with Gasteiger partial charge in [-0.05, 0) is 37.1 Å². The molecule has 0 bridgehead atoms. The lowest BCUT2D eigenvalue weighted by Gasteiger charge is -1.98. The van der Waals surface area contributed by atoms with Crippen LogP contribution in [0.2, 0.25) is 0 Å². The number of fused-ring (bicyclic) bond motifs is 1. The van der Waals surface area contributed by atoms with Crippen molar-refractivity contribution in [1.82, 2.24) is 9.61 Å². The maximum atomic E-state index is 5.48. The summed E-state index contributed by atoms with van der Waals surface area (Å²) in [7, 11) is 0. The van der Waals surface area contributed by atoms with Crippen molar-refractivity contribution in [3.8, 4) is 0 Å². The van der Waals surface area contributed by atoms with E-state index in [4.69, 9.17) is 5.73 Å². The van der Waals surface area contributed by atoms with Crippen LogP contribution in [-0.2, 0) is 6.42 Å². The van der Waals surface area contributed by atoms with Crippen LogP contribution in [0.15, 0.2) is 29.0 Å². The van der Waals surface area contributed by atoms with E-state index in [0.717, 1.165) is 29.4 Å². The van der Waals surface area contributed by atoms with Gasteiger partial charge < -0.3 is 5.73 Å². The Kier molecular flexibility index (Phi) is 2.84. The molecule has 0 amide bonds. The van der Waals surface area contributed by atoms with Gasteiger partial charge in [-0.3, -0.25) is 0 Å². The van der Waals surface area contributed by atoms with E-state index in [2.05, 4.69) is 27.1 Å². The molecule has 0 radical (unpaired) electrons. The Morgan fingerprint density at radius 1 is 1.50 bits per heavy atom. The highest BCUT2D eigenvalue weighted by atomic mass is 79.9. The molecule has 0 unspecified atom stereocenters. The molecule has 0 saturated carbocycles. The first-order valence-corrected chi connectivity index (χ1v) is 5.42. The Morgan fingerprint density at radius 2 is 2.36 bits per heavy atom. The molecule has 0 atom stereocenters. The maximum Gasteiger partial charge on any atom is 0.0704 e. The van der Waals surface area contributed by atoms with Gasteiger partial charge in [-0.15, -0.1) is 0 Å². The summed E-state index contributed by atoms with van der Waals surface area (Å²) in [6.45, 7) is 0.728. The zero-order chi connectivity index (χ0) is 9.97. The standard InChI is InChI=1S/C10H12BrN3/c11-9-3-5-14-10(6-9)8(7-13-14)2-1-4-12/h3,5-7H,1-2,4,12H2. The van der Waals surface area contributed by atoms with Crippen LogP contribution in [0.25, 0.3) is 5.52 Å². The summed E-state index contributed by atoms with van der Waals surface area (Å²) in [4.78, 5) is 0. The second kappa shape index (κ2) is 4.11. The molecule has 0 spiro atoms. The van der Waals surface area contributed by atoms with E-state index in [0.29, 0.717) is 0 Å². The minimum Gasteiger partial charge on any atom is -0.330 e. The zero-order valence-electron chi connectivity index (χ0n) is 7.78. The number of rotatable bonds is 3. The van der Waals surface area contributed by atoms with Gasteiger partial charge in [0.2, 0.25) is 0 Å². The molecule has 3 nitrogen and oxygen atoms in total. The highest BCUT2D eigenvalue weighted by molar-refractivity contribution is 9.10. The third-order valence-corrected chi connectivity index (χ3v) is 2.71. The molecular formula is C10H12BrN3. The molecule has 0 aliphatic rings. The van der Waals surface area contributed by atoms with Crippen LogP contribution in [0.4, 0.5) is 0 Å². The van der Waals surface area contributed by atoms with Crippen molar-refractivity contribution in [2.75, 3.05) is 6.54 Å². The maximum absolute atomic E-state index is 5.48. The predicted molar refractivity (Wildman–Crippen MR) is 60.3 cm³/mol. The van der Waals surface area contributed by atoms with Crippen LogP contribution < -0.4 is 5.73 Å². The molecule has 2 aromatic rings. The number of pyridine rings is 1. The number of aryl methyl sites for hydroxylation is 1. The molecular weight excluding hydrogens is 242 g/mol. The molecule has 0 aliphatic carbocycles. The van der Waals surface area contributed by atoms with Gasteiger partial charge in [0.1, 0.15) is 0 Å². The fourth-order valence-electron chi connectivity index (χ4n) is 1.49. The van der Waals surface area contributed by atoms with Gasteiger partial charge in [0, 0.05) is 10.7 Å². The SMILES string of the molecule is NCCCc1cnn2ccc(Br)cc12. The predicted octanol–water partition coefficient (Wildman–Crippen LogP) is 1.99. The number of hydrogen-bond acceptors (Lipinski definition) is 2. The minimum atomic E-state index is 0.728.